The number of hydrogen-bond acceptors (Lipinski definition) is 5. The number of urea groups is 1. The molecule has 5 rings (SSSR count). The van der Waals surface area contributed by atoms with Gasteiger partial charge in [-0.2, -0.15) is 4.39 Å². The summed E-state index contributed by atoms with van der Waals surface area (Å²) < 4.78 is 34.1. The SMILES string of the molecule is O=C(NC(=O)[C@H]1[C@@H]2O[C@@H]([C@H]3C[C@H]32)[C@@H]1c1ccnc(F)c1F)Nc1cnc(Cl)c(Cl)c1. The lowest BCUT2D eigenvalue weighted by molar-refractivity contribution is -0.126. The van der Waals surface area contributed by atoms with Gasteiger partial charge in [-0.05, 0) is 30.4 Å². The number of carbonyl (C=O) groups excluding carboxylic acids is 2. The van der Waals surface area contributed by atoms with Gasteiger partial charge in [0.05, 0.1) is 35.0 Å². The first-order chi connectivity index (χ1) is 14.3. The minimum Gasteiger partial charge on any atom is -0.373 e. The third kappa shape index (κ3) is 3.12. The van der Waals surface area contributed by atoms with Crippen molar-refractivity contribution >= 4 is 40.8 Å². The van der Waals surface area contributed by atoms with Gasteiger partial charge in [0.25, 0.3) is 0 Å². The molecule has 2 aliphatic heterocycles. The molecular weight excluding hydrogens is 441 g/mol. The Bertz CT molecular complexity index is 1070. The third-order valence-electron chi connectivity index (χ3n) is 5.97. The van der Waals surface area contributed by atoms with Crippen LogP contribution in [0.15, 0.2) is 24.5 Å². The van der Waals surface area contributed by atoms with Crippen molar-refractivity contribution in [2.75, 3.05) is 5.32 Å². The number of rotatable bonds is 3. The molecule has 2 aromatic rings. The maximum atomic E-state index is 14.4. The van der Waals surface area contributed by atoms with Crippen LogP contribution in [0.5, 0.6) is 0 Å². The predicted molar refractivity (Wildman–Crippen MR) is 102 cm³/mol. The molecular formula is C19H14Cl2F2N4O3. The summed E-state index contributed by atoms with van der Waals surface area (Å²) in [6.45, 7) is 0. The molecule has 6 atom stereocenters. The monoisotopic (exact) mass is 454 g/mol. The summed E-state index contributed by atoms with van der Waals surface area (Å²) in [5.74, 6) is -4.06. The highest BCUT2D eigenvalue weighted by molar-refractivity contribution is 6.41. The van der Waals surface area contributed by atoms with Crippen LogP contribution >= 0.6 is 23.2 Å². The summed E-state index contributed by atoms with van der Waals surface area (Å²) in [5, 5.41) is 4.91. The smallest absolute Gasteiger partial charge is 0.325 e. The zero-order chi connectivity index (χ0) is 21.2. The lowest BCUT2D eigenvalue weighted by Gasteiger charge is -2.27. The number of imide groups is 1. The minimum absolute atomic E-state index is 0.0367. The molecule has 2 aromatic heterocycles. The van der Waals surface area contributed by atoms with Crippen LogP contribution in [0.1, 0.15) is 17.9 Å². The molecule has 4 heterocycles. The normalized spacial score (nSPS) is 30.7. The molecule has 0 unspecified atom stereocenters. The number of carbonyl (C=O) groups is 2. The van der Waals surface area contributed by atoms with E-state index < -0.39 is 47.7 Å². The van der Waals surface area contributed by atoms with E-state index >= 15 is 0 Å². The standard InChI is InChI=1S/C19H14Cl2F2N4O3/c20-10-3-6(5-25-16(10)21)26-19(29)27-18(28)12-11(7-1-2-24-17(23)13(7)22)14-8-4-9(8)15(12)30-14/h1-3,5,8-9,11-12,14-15H,4H2,(H2,26,27,28,29)/t8-,9+,11+,12+,14-,15+/m0/s1. The molecule has 11 heteroatoms. The lowest BCUT2D eigenvalue weighted by atomic mass is 9.75. The van der Waals surface area contributed by atoms with Crippen LogP contribution < -0.4 is 10.6 Å². The van der Waals surface area contributed by atoms with Crippen LogP contribution in [0.4, 0.5) is 19.3 Å². The highest BCUT2D eigenvalue weighted by Crippen LogP contribution is 2.65. The van der Waals surface area contributed by atoms with Crippen LogP contribution in [0.2, 0.25) is 10.2 Å². The number of anilines is 1. The Morgan fingerprint density at radius 3 is 2.70 bits per heavy atom. The number of pyridine rings is 2. The van der Waals surface area contributed by atoms with Crippen molar-refractivity contribution in [2.45, 2.75) is 24.5 Å². The van der Waals surface area contributed by atoms with Crippen LogP contribution in [0.25, 0.3) is 0 Å². The third-order valence-corrected chi connectivity index (χ3v) is 6.66. The Morgan fingerprint density at radius 2 is 1.93 bits per heavy atom. The molecule has 3 fully saturated rings. The molecule has 2 N–H and O–H groups in total. The lowest BCUT2D eigenvalue weighted by Crippen LogP contribution is -2.45. The van der Waals surface area contributed by atoms with E-state index in [1.807, 2.05) is 0 Å². The fourth-order valence-corrected chi connectivity index (χ4v) is 4.97. The van der Waals surface area contributed by atoms with Gasteiger partial charge in [-0.3, -0.25) is 10.1 Å². The molecule has 1 aliphatic carbocycles. The largest absolute Gasteiger partial charge is 0.373 e. The van der Waals surface area contributed by atoms with Gasteiger partial charge >= 0.3 is 6.03 Å². The molecule has 3 amide bonds. The Hall–Kier alpha value is -2.36. The van der Waals surface area contributed by atoms with Crippen molar-refractivity contribution in [3.05, 3.63) is 52.0 Å². The van der Waals surface area contributed by atoms with E-state index in [1.165, 1.54) is 18.3 Å². The van der Waals surface area contributed by atoms with Gasteiger partial charge in [0.2, 0.25) is 11.9 Å². The van der Waals surface area contributed by atoms with Crippen molar-refractivity contribution in [3.8, 4) is 0 Å². The van der Waals surface area contributed by atoms with Gasteiger partial charge in [0.1, 0.15) is 5.15 Å². The topological polar surface area (TPSA) is 93.2 Å². The zero-order valence-corrected chi connectivity index (χ0v) is 16.6. The number of amides is 3. The first-order valence-electron chi connectivity index (χ1n) is 9.23. The first-order valence-corrected chi connectivity index (χ1v) is 9.99. The number of aromatic nitrogens is 2. The van der Waals surface area contributed by atoms with E-state index in [4.69, 9.17) is 27.9 Å². The Kier molecular flexibility index (Phi) is 4.64. The van der Waals surface area contributed by atoms with Gasteiger partial charge in [0.15, 0.2) is 5.82 Å². The molecule has 0 spiro atoms. The highest BCUT2D eigenvalue weighted by Gasteiger charge is 2.69. The van der Waals surface area contributed by atoms with Crippen molar-refractivity contribution in [1.82, 2.24) is 15.3 Å². The molecule has 0 aromatic carbocycles. The summed E-state index contributed by atoms with van der Waals surface area (Å²) in [4.78, 5) is 32.4. The van der Waals surface area contributed by atoms with Crippen molar-refractivity contribution < 1.29 is 23.1 Å². The number of nitrogens with zero attached hydrogens (tertiary/aromatic N) is 2. The summed E-state index contributed by atoms with van der Waals surface area (Å²) in [6, 6.07) is 1.93. The Labute approximate surface area is 179 Å². The van der Waals surface area contributed by atoms with Crippen LogP contribution in [-0.2, 0) is 9.53 Å². The number of ether oxygens (including phenoxy) is 1. The fraction of sp³-hybridized carbons (Fsp3) is 0.368. The van der Waals surface area contributed by atoms with Crippen LogP contribution in [-0.4, -0.2) is 34.1 Å². The van der Waals surface area contributed by atoms with E-state index in [-0.39, 0.29) is 33.3 Å². The van der Waals surface area contributed by atoms with E-state index in [0.29, 0.717) is 0 Å². The van der Waals surface area contributed by atoms with Crippen molar-refractivity contribution in [3.63, 3.8) is 0 Å². The highest BCUT2D eigenvalue weighted by atomic mass is 35.5. The second-order valence-corrected chi connectivity index (χ2v) is 8.39. The molecule has 2 saturated heterocycles. The average molecular weight is 455 g/mol. The maximum Gasteiger partial charge on any atom is 0.325 e. The fourth-order valence-electron chi connectivity index (χ4n) is 4.70. The molecule has 1 saturated carbocycles. The zero-order valence-electron chi connectivity index (χ0n) is 15.1. The van der Waals surface area contributed by atoms with Crippen LogP contribution in [0, 0.1) is 29.5 Å². The van der Waals surface area contributed by atoms with E-state index in [2.05, 4.69) is 20.6 Å². The van der Waals surface area contributed by atoms with E-state index in [0.717, 1.165) is 12.6 Å². The van der Waals surface area contributed by atoms with Crippen LogP contribution in [0.3, 0.4) is 0 Å². The van der Waals surface area contributed by atoms with E-state index in [9.17, 15) is 18.4 Å². The summed E-state index contributed by atoms with van der Waals surface area (Å²) in [6.07, 6.45) is 2.47. The van der Waals surface area contributed by atoms with Gasteiger partial charge in [-0.1, -0.05) is 23.2 Å². The molecule has 30 heavy (non-hydrogen) atoms. The second kappa shape index (κ2) is 7.11. The summed E-state index contributed by atoms with van der Waals surface area (Å²) in [5.41, 5.74) is 0.273. The predicted octanol–water partition coefficient (Wildman–Crippen LogP) is 3.53. The van der Waals surface area contributed by atoms with Gasteiger partial charge in [-0.15, -0.1) is 0 Å². The number of hydrogen-bond donors (Lipinski definition) is 2. The molecule has 3 aliphatic rings. The summed E-state index contributed by atoms with van der Waals surface area (Å²) >= 11 is 11.6. The molecule has 2 bridgehead atoms. The molecule has 7 nitrogen and oxygen atoms in total. The summed E-state index contributed by atoms with van der Waals surface area (Å²) in [7, 11) is 0. The number of fused-ring (bicyclic) bond motifs is 5. The Balaban J connectivity index is 1.36. The average Bonchev–Trinajstić information content (AvgIpc) is 3.31. The van der Waals surface area contributed by atoms with Crippen molar-refractivity contribution in [1.29, 1.82) is 0 Å². The first kappa shape index (κ1) is 19.6. The number of halogens is 4. The molecule has 156 valence electrons. The van der Waals surface area contributed by atoms with Gasteiger partial charge in [0, 0.05) is 17.7 Å². The van der Waals surface area contributed by atoms with Crippen molar-refractivity contribution in [2.24, 2.45) is 17.8 Å². The van der Waals surface area contributed by atoms with Gasteiger partial charge < -0.3 is 10.1 Å². The Morgan fingerprint density at radius 1 is 1.17 bits per heavy atom. The minimum atomic E-state index is -1.23. The van der Waals surface area contributed by atoms with E-state index in [1.54, 1.807) is 0 Å². The maximum absolute atomic E-state index is 14.4. The quantitative estimate of drug-likeness (QED) is 0.691. The second-order valence-electron chi connectivity index (χ2n) is 7.63. The molecule has 0 radical (unpaired) electrons. The van der Waals surface area contributed by atoms with Gasteiger partial charge in [-0.25, -0.2) is 19.2 Å². The number of nitrogens with one attached hydrogen (secondary N) is 2.